The SMILES string of the molecule is CCOC(=O)CC1c2ccc(OC)cc2-c2ccccc2N1S(=O)(=O)c1ccc(C)cc1. The number of benzene rings is 3. The first-order valence-electron chi connectivity index (χ1n) is 10.4. The summed E-state index contributed by atoms with van der Waals surface area (Å²) >= 11 is 0. The maximum Gasteiger partial charge on any atom is 0.308 e. The van der Waals surface area contributed by atoms with Gasteiger partial charge in [-0.25, -0.2) is 8.42 Å². The fraction of sp³-hybridized carbons (Fsp3) is 0.240. The minimum Gasteiger partial charge on any atom is -0.497 e. The molecule has 1 heterocycles. The average molecular weight is 452 g/mol. The number of aryl methyl sites for hydroxylation is 1. The molecule has 3 aromatic carbocycles. The number of hydrogen-bond donors (Lipinski definition) is 0. The third kappa shape index (κ3) is 3.84. The molecule has 0 N–H and O–H groups in total. The summed E-state index contributed by atoms with van der Waals surface area (Å²) in [7, 11) is -2.38. The number of ether oxygens (including phenoxy) is 2. The van der Waals surface area contributed by atoms with Crippen LogP contribution in [0, 0.1) is 6.92 Å². The van der Waals surface area contributed by atoms with Gasteiger partial charge in [0, 0.05) is 5.56 Å². The zero-order valence-electron chi connectivity index (χ0n) is 18.2. The highest BCUT2D eigenvalue weighted by atomic mass is 32.2. The number of carbonyl (C=O) groups excluding carboxylic acids is 1. The fourth-order valence-corrected chi connectivity index (χ4v) is 5.71. The molecule has 3 aromatic rings. The highest BCUT2D eigenvalue weighted by Gasteiger charge is 2.40. The summed E-state index contributed by atoms with van der Waals surface area (Å²) in [5.74, 6) is 0.200. The van der Waals surface area contributed by atoms with Crippen LogP contribution >= 0.6 is 0 Å². The van der Waals surface area contributed by atoms with Crippen molar-refractivity contribution in [1.82, 2.24) is 0 Å². The smallest absolute Gasteiger partial charge is 0.308 e. The number of anilines is 1. The summed E-state index contributed by atoms with van der Waals surface area (Å²) in [6, 6.07) is 18.8. The van der Waals surface area contributed by atoms with Crippen molar-refractivity contribution >= 4 is 21.7 Å². The Balaban J connectivity index is 1.95. The van der Waals surface area contributed by atoms with Crippen molar-refractivity contribution in [2.45, 2.75) is 31.2 Å². The van der Waals surface area contributed by atoms with Crippen molar-refractivity contribution in [3.63, 3.8) is 0 Å². The quantitative estimate of drug-likeness (QED) is 0.500. The van der Waals surface area contributed by atoms with Gasteiger partial charge in [-0.05, 0) is 55.3 Å². The minimum absolute atomic E-state index is 0.105. The van der Waals surface area contributed by atoms with E-state index < -0.39 is 22.0 Å². The van der Waals surface area contributed by atoms with Gasteiger partial charge >= 0.3 is 5.97 Å². The Kier molecular flexibility index (Phi) is 5.93. The molecule has 0 amide bonds. The lowest BCUT2D eigenvalue weighted by Crippen LogP contribution is -2.39. The molecule has 0 fully saturated rings. The molecule has 0 aliphatic carbocycles. The van der Waals surface area contributed by atoms with Gasteiger partial charge in [0.25, 0.3) is 10.0 Å². The second kappa shape index (κ2) is 8.67. The number of carbonyl (C=O) groups is 1. The van der Waals surface area contributed by atoms with E-state index in [-0.39, 0.29) is 17.9 Å². The van der Waals surface area contributed by atoms with Crippen LogP contribution in [0.25, 0.3) is 11.1 Å². The summed E-state index contributed by atoms with van der Waals surface area (Å²) < 4.78 is 39.7. The summed E-state index contributed by atoms with van der Waals surface area (Å²) in [4.78, 5) is 12.7. The Morgan fingerprint density at radius 3 is 2.41 bits per heavy atom. The lowest BCUT2D eigenvalue weighted by Gasteiger charge is -2.39. The van der Waals surface area contributed by atoms with Crippen molar-refractivity contribution in [1.29, 1.82) is 0 Å². The molecule has 7 heteroatoms. The summed E-state index contributed by atoms with van der Waals surface area (Å²) in [6.45, 7) is 3.86. The van der Waals surface area contributed by atoms with Gasteiger partial charge in [-0.3, -0.25) is 9.10 Å². The Morgan fingerprint density at radius 1 is 1.00 bits per heavy atom. The largest absolute Gasteiger partial charge is 0.497 e. The number of fused-ring (bicyclic) bond motifs is 3. The van der Waals surface area contributed by atoms with Gasteiger partial charge < -0.3 is 9.47 Å². The van der Waals surface area contributed by atoms with Crippen LogP contribution in [-0.4, -0.2) is 28.1 Å². The van der Waals surface area contributed by atoms with Crippen molar-refractivity contribution in [2.24, 2.45) is 0 Å². The number of esters is 1. The topological polar surface area (TPSA) is 72.9 Å². The first-order chi connectivity index (χ1) is 15.4. The Morgan fingerprint density at radius 2 is 1.72 bits per heavy atom. The van der Waals surface area contributed by atoms with Crippen LogP contribution in [0.2, 0.25) is 0 Å². The van der Waals surface area contributed by atoms with E-state index in [1.54, 1.807) is 56.5 Å². The lowest BCUT2D eigenvalue weighted by atomic mass is 9.88. The van der Waals surface area contributed by atoms with E-state index in [0.29, 0.717) is 11.4 Å². The van der Waals surface area contributed by atoms with Gasteiger partial charge in [-0.2, -0.15) is 0 Å². The molecule has 6 nitrogen and oxygen atoms in total. The van der Waals surface area contributed by atoms with Gasteiger partial charge in [0.1, 0.15) is 5.75 Å². The number of sulfonamides is 1. The molecule has 32 heavy (non-hydrogen) atoms. The number of para-hydroxylation sites is 1. The van der Waals surface area contributed by atoms with Crippen LogP contribution in [0.4, 0.5) is 5.69 Å². The van der Waals surface area contributed by atoms with E-state index in [1.165, 1.54) is 4.31 Å². The molecule has 1 aliphatic rings. The maximum atomic E-state index is 13.9. The monoisotopic (exact) mass is 451 g/mol. The molecule has 0 radical (unpaired) electrons. The molecule has 0 spiro atoms. The molecule has 4 rings (SSSR count). The van der Waals surface area contributed by atoms with Crippen LogP contribution in [0.15, 0.2) is 71.6 Å². The first kappa shape index (κ1) is 21.9. The van der Waals surface area contributed by atoms with E-state index in [4.69, 9.17) is 9.47 Å². The molecule has 1 atom stereocenters. The molecular weight excluding hydrogens is 426 g/mol. The van der Waals surface area contributed by atoms with Gasteiger partial charge in [-0.15, -0.1) is 0 Å². The average Bonchev–Trinajstić information content (AvgIpc) is 2.79. The number of nitrogens with zero attached hydrogens (tertiary/aromatic N) is 1. The molecular formula is C25H25NO5S. The van der Waals surface area contributed by atoms with Gasteiger partial charge in [0.15, 0.2) is 0 Å². The number of rotatable bonds is 6. The predicted molar refractivity (Wildman–Crippen MR) is 123 cm³/mol. The molecule has 0 bridgehead atoms. The molecule has 166 valence electrons. The Hall–Kier alpha value is -3.32. The highest BCUT2D eigenvalue weighted by Crippen LogP contribution is 2.49. The molecule has 1 aliphatic heterocycles. The zero-order chi connectivity index (χ0) is 22.9. The molecule has 0 saturated heterocycles. The highest BCUT2D eigenvalue weighted by molar-refractivity contribution is 7.92. The van der Waals surface area contributed by atoms with E-state index in [9.17, 15) is 13.2 Å². The first-order valence-corrected chi connectivity index (χ1v) is 11.8. The van der Waals surface area contributed by atoms with E-state index >= 15 is 0 Å². The Bertz CT molecular complexity index is 1250. The minimum atomic E-state index is -3.97. The van der Waals surface area contributed by atoms with Crippen LogP contribution in [0.5, 0.6) is 5.75 Å². The van der Waals surface area contributed by atoms with Crippen molar-refractivity contribution in [3.05, 3.63) is 77.9 Å². The van der Waals surface area contributed by atoms with E-state index in [2.05, 4.69) is 0 Å². The lowest BCUT2D eigenvalue weighted by molar-refractivity contribution is -0.143. The third-order valence-corrected chi connectivity index (χ3v) is 7.41. The molecule has 0 aromatic heterocycles. The summed E-state index contributed by atoms with van der Waals surface area (Å²) in [5.41, 5.74) is 3.81. The molecule has 1 unspecified atom stereocenters. The van der Waals surface area contributed by atoms with Crippen molar-refractivity contribution < 1.29 is 22.7 Å². The predicted octanol–water partition coefficient (Wildman–Crippen LogP) is 4.87. The van der Waals surface area contributed by atoms with Crippen LogP contribution in [-0.2, 0) is 19.6 Å². The van der Waals surface area contributed by atoms with E-state index in [1.807, 2.05) is 31.2 Å². The van der Waals surface area contributed by atoms with Crippen molar-refractivity contribution in [3.8, 4) is 16.9 Å². The zero-order valence-corrected chi connectivity index (χ0v) is 19.1. The van der Waals surface area contributed by atoms with Gasteiger partial charge in [-0.1, -0.05) is 42.0 Å². The van der Waals surface area contributed by atoms with Gasteiger partial charge in [0.2, 0.25) is 0 Å². The standard InChI is InChI=1S/C25H25NO5S/c1-4-31-25(27)16-24-21-14-11-18(30-3)15-22(21)20-7-5-6-8-23(20)26(24)32(28,29)19-12-9-17(2)10-13-19/h5-15,24H,4,16H2,1-3H3. The normalized spacial score (nSPS) is 15.0. The second-order valence-electron chi connectivity index (χ2n) is 7.61. The van der Waals surface area contributed by atoms with Gasteiger partial charge in [0.05, 0.1) is 36.8 Å². The van der Waals surface area contributed by atoms with E-state index in [0.717, 1.165) is 22.3 Å². The number of hydrogen-bond acceptors (Lipinski definition) is 5. The second-order valence-corrected chi connectivity index (χ2v) is 9.42. The Labute approximate surface area is 188 Å². The fourth-order valence-electron chi connectivity index (χ4n) is 4.07. The third-order valence-electron chi connectivity index (χ3n) is 5.58. The van der Waals surface area contributed by atoms with Crippen LogP contribution < -0.4 is 9.04 Å². The van der Waals surface area contributed by atoms with Crippen LogP contribution in [0.3, 0.4) is 0 Å². The van der Waals surface area contributed by atoms with Crippen molar-refractivity contribution in [2.75, 3.05) is 18.0 Å². The summed E-state index contributed by atoms with van der Waals surface area (Å²) in [6.07, 6.45) is -0.105. The number of methoxy groups -OCH3 is 1. The van der Waals surface area contributed by atoms with Crippen LogP contribution in [0.1, 0.15) is 30.5 Å². The summed E-state index contributed by atoms with van der Waals surface area (Å²) in [5, 5.41) is 0. The molecule has 0 saturated carbocycles. The maximum absolute atomic E-state index is 13.9.